The summed E-state index contributed by atoms with van der Waals surface area (Å²) < 4.78 is 37.1. The van der Waals surface area contributed by atoms with Gasteiger partial charge in [-0.25, -0.2) is 13.1 Å². The van der Waals surface area contributed by atoms with Crippen LogP contribution in [0.1, 0.15) is 16.8 Å². The van der Waals surface area contributed by atoms with Crippen LogP contribution in [0.2, 0.25) is 5.02 Å². The van der Waals surface area contributed by atoms with E-state index in [1.165, 1.54) is 31.4 Å². The minimum atomic E-state index is -3.64. The van der Waals surface area contributed by atoms with Crippen molar-refractivity contribution in [3.8, 4) is 5.75 Å². The number of nitrogens with zero attached hydrogens (tertiary/aromatic N) is 1. The molecule has 10 heteroatoms. The summed E-state index contributed by atoms with van der Waals surface area (Å²) in [5.41, 5.74) is 1.29. The van der Waals surface area contributed by atoms with Crippen LogP contribution < -0.4 is 19.7 Å². The summed E-state index contributed by atoms with van der Waals surface area (Å²) in [6.45, 7) is 1.83. The third-order valence-corrected chi connectivity index (χ3v) is 6.74. The van der Waals surface area contributed by atoms with E-state index in [9.17, 15) is 13.2 Å². The minimum absolute atomic E-state index is 0.0460. The number of rotatable bonds is 9. The quantitative estimate of drug-likeness (QED) is 0.549. The highest BCUT2D eigenvalue weighted by Crippen LogP contribution is 2.33. The summed E-state index contributed by atoms with van der Waals surface area (Å²) in [4.78, 5) is 14.9. The molecule has 0 radical (unpaired) electrons. The molecule has 1 saturated heterocycles. The van der Waals surface area contributed by atoms with Crippen LogP contribution in [0.4, 0.5) is 5.69 Å². The molecule has 8 nitrogen and oxygen atoms in total. The molecule has 168 valence electrons. The summed E-state index contributed by atoms with van der Waals surface area (Å²) in [6.07, 6.45) is 0.775. The van der Waals surface area contributed by atoms with Crippen LogP contribution in [0.15, 0.2) is 47.4 Å². The van der Waals surface area contributed by atoms with Crippen molar-refractivity contribution >= 4 is 33.2 Å². The SMILES string of the molecule is COCCNS(=O)(=O)c1ccc(C(=O)NC2CCN(c3cc(Cl)ccc3OC)C2)cc1. The lowest BCUT2D eigenvalue weighted by Crippen LogP contribution is -2.37. The maximum Gasteiger partial charge on any atom is 0.251 e. The van der Waals surface area contributed by atoms with Crippen LogP contribution in [0.5, 0.6) is 5.75 Å². The zero-order valence-electron chi connectivity index (χ0n) is 17.4. The maximum absolute atomic E-state index is 12.6. The summed E-state index contributed by atoms with van der Waals surface area (Å²) >= 11 is 6.13. The molecule has 1 aliphatic heterocycles. The number of amides is 1. The number of nitrogens with one attached hydrogen (secondary N) is 2. The second-order valence-corrected chi connectivity index (χ2v) is 9.34. The molecule has 2 aromatic rings. The minimum Gasteiger partial charge on any atom is -0.495 e. The Morgan fingerprint density at radius 3 is 2.61 bits per heavy atom. The summed E-state index contributed by atoms with van der Waals surface area (Å²) in [7, 11) is -0.530. The molecule has 0 saturated carbocycles. The van der Waals surface area contributed by atoms with E-state index in [0.717, 1.165) is 24.4 Å². The van der Waals surface area contributed by atoms with E-state index < -0.39 is 10.0 Å². The first kappa shape index (κ1) is 23.3. The second kappa shape index (κ2) is 10.3. The summed E-state index contributed by atoms with van der Waals surface area (Å²) in [5.74, 6) is 0.480. The highest BCUT2D eigenvalue weighted by molar-refractivity contribution is 7.89. The number of carbonyl (C=O) groups is 1. The van der Waals surface area contributed by atoms with Crippen LogP contribution in [-0.2, 0) is 14.8 Å². The number of halogens is 1. The van der Waals surface area contributed by atoms with Gasteiger partial charge < -0.3 is 19.7 Å². The van der Waals surface area contributed by atoms with Gasteiger partial charge in [-0.2, -0.15) is 0 Å². The zero-order valence-corrected chi connectivity index (χ0v) is 19.0. The number of ether oxygens (including phenoxy) is 2. The fourth-order valence-corrected chi connectivity index (χ4v) is 4.60. The summed E-state index contributed by atoms with van der Waals surface area (Å²) in [6, 6.07) is 11.3. The maximum atomic E-state index is 12.6. The summed E-state index contributed by atoms with van der Waals surface area (Å²) in [5, 5.41) is 3.63. The Hall–Kier alpha value is -2.33. The Balaban J connectivity index is 1.60. The van der Waals surface area contributed by atoms with Gasteiger partial charge >= 0.3 is 0 Å². The number of carbonyl (C=O) groups excluding carboxylic acids is 1. The Morgan fingerprint density at radius 1 is 1.19 bits per heavy atom. The molecular formula is C21H26ClN3O5S. The van der Waals surface area contributed by atoms with Crippen LogP contribution in [-0.4, -0.2) is 60.8 Å². The number of methoxy groups -OCH3 is 2. The molecule has 0 spiro atoms. The molecule has 3 rings (SSSR count). The molecule has 1 aliphatic rings. The Bertz CT molecular complexity index is 1010. The van der Waals surface area contributed by atoms with Gasteiger partial charge in [0.05, 0.1) is 24.3 Å². The largest absolute Gasteiger partial charge is 0.495 e. The lowest BCUT2D eigenvalue weighted by Gasteiger charge is -2.21. The fraction of sp³-hybridized carbons (Fsp3) is 0.381. The predicted octanol–water partition coefficient (Wildman–Crippen LogP) is 2.28. The van der Waals surface area contributed by atoms with E-state index in [2.05, 4.69) is 14.9 Å². The number of hydrogen-bond acceptors (Lipinski definition) is 6. The molecule has 1 heterocycles. The monoisotopic (exact) mass is 467 g/mol. The predicted molar refractivity (Wildman–Crippen MR) is 120 cm³/mol. The Kier molecular flexibility index (Phi) is 7.77. The molecular weight excluding hydrogens is 442 g/mol. The number of anilines is 1. The fourth-order valence-electron chi connectivity index (χ4n) is 3.42. The normalized spacial score (nSPS) is 16.4. The van der Waals surface area contributed by atoms with Gasteiger partial charge in [0.15, 0.2) is 0 Å². The van der Waals surface area contributed by atoms with Gasteiger partial charge in [0.1, 0.15) is 5.75 Å². The van der Waals surface area contributed by atoms with E-state index in [1.54, 1.807) is 13.2 Å². The average molecular weight is 468 g/mol. The highest BCUT2D eigenvalue weighted by atomic mass is 35.5. The van der Waals surface area contributed by atoms with Crippen molar-refractivity contribution in [1.29, 1.82) is 0 Å². The topological polar surface area (TPSA) is 97.0 Å². The van der Waals surface area contributed by atoms with E-state index >= 15 is 0 Å². The van der Waals surface area contributed by atoms with Crippen molar-refractivity contribution in [1.82, 2.24) is 10.0 Å². The molecule has 1 fully saturated rings. The lowest BCUT2D eigenvalue weighted by molar-refractivity contribution is 0.0940. The van der Waals surface area contributed by atoms with Crippen molar-refractivity contribution in [2.75, 3.05) is 45.4 Å². The molecule has 31 heavy (non-hydrogen) atoms. The van der Waals surface area contributed by atoms with Gasteiger partial charge in [-0.3, -0.25) is 4.79 Å². The van der Waals surface area contributed by atoms with Gasteiger partial charge in [0.25, 0.3) is 5.91 Å². The van der Waals surface area contributed by atoms with Gasteiger partial charge in [0.2, 0.25) is 10.0 Å². The van der Waals surface area contributed by atoms with Gasteiger partial charge in [-0.15, -0.1) is 0 Å². The van der Waals surface area contributed by atoms with Crippen molar-refractivity contribution in [3.63, 3.8) is 0 Å². The number of sulfonamides is 1. The molecule has 2 aromatic carbocycles. The molecule has 2 N–H and O–H groups in total. The molecule has 0 aromatic heterocycles. The average Bonchev–Trinajstić information content (AvgIpc) is 3.22. The van der Waals surface area contributed by atoms with Gasteiger partial charge in [-0.1, -0.05) is 11.6 Å². The van der Waals surface area contributed by atoms with Crippen molar-refractivity contribution in [2.45, 2.75) is 17.4 Å². The molecule has 1 amide bonds. The Morgan fingerprint density at radius 2 is 1.94 bits per heavy atom. The van der Waals surface area contributed by atoms with Crippen LogP contribution in [0, 0.1) is 0 Å². The second-order valence-electron chi connectivity index (χ2n) is 7.14. The zero-order chi connectivity index (χ0) is 22.4. The standard InChI is InChI=1S/C21H26ClN3O5S/c1-29-12-10-23-31(27,28)18-6-3-15(4-7-18)21(26)24-17-9-11-25(14-17)19-13-16(22)5-8-20(19)30-2/h3-8,13,17,23H,9-12,14H2,1-2H3,(H,24,26). The smallest absolute Gasteiger partial charge is 0.251 e. The number of hydrogen-bond donors (Lipinski definition) is 2. The first-order chi connectivity index (χ1) is 14.8. The molecule has 0 aliphatic carbocycles. The first-order valence-electron chi connectivity index (χ1n) is 9.82. The molecule has 1 atom stereocenters. The van der Waals surface area contributed by atoms with Gasteiger partial charge in [0, 0.05) is 43.4 Å². The van der Waals surface area contributed by atoms with Gasteiger partial charge in [-0.05, 0) is 48.9 Å². The third kappa shape index (κ3) is 5.88. The van der Waals surface area contributed by atoms with Crippen molar-refractivity contribution < 1.29 is 22.7 Å². The van der Waals surface area contributed by atoms with Crippen molar-refractivity contribution in [2.24, 2.45) is 0 Å². The number of benzene rings is 2. The van der Waals surface area contributed by atoms with Crippen LogP contribution in [0.3, 0.4) is 0 Å². The first-order valence-corrected chi connectivity index (χ1v) is 11.7. The molecule has 0 bridgehead atoms. The van der Waals surface area contributed by atoms with Crippen molar-refractivity contribution in [3.05, 3.63) is 53.1 Å². The van der Waals surface area contributed by atoms with E-state index in [0.29, 0.717) is 17.1 Å². The lowest BCUT2D eigenvalue weighted by atomic mass is 10.2. The van der Waals surface area contributed by atoms with E-state index in [-0.39, 0.29) is 30.0 Å². The molecule has 1 unspecified atom stereocenters. The third-order valence-electron chi connectivity index (χ3n) is 5.03. The highest BCUT2D eigenvalue weighted by Gasteiger charge is 2.26. The van der Waals surface area contributed by atoms with E-state index in [1.807, 2.05) is 12.1 Å². The van der Waals surface area contributed by atoms with E-state index in [4.69, 9.17) is 21.1 Å². The van der Waals surface area contributed by atoms with Crippen LogP contribution in [0.25, 0.3) is 0 Å². The Labute approximate surface area is 187 Å². The van der Waals surface area contributed by atoms with Crippen LogP contribution >= 0.6 is 11.6 Å².